The number of para-hydroxylation sites is 2. The summed E-state index contributed by atoms with van der Waals surface area (Å²) < 4.78 is 4.59. The predicted molar refractivity (Wildman–Crippen MR) is 217 cm³/mol. The third-order valence-electron chi connectivity index (χ3n) is 10.00. The third-order valence-corrected chi connectivity index (χ3v) is 10.00. The lowest BCUT2D eigenvalue weighted by atomic mass is 10.1. The standard InChI is InChI=1S/C48H36N4/c1-3-5-15-36-32-51(39-20-13-17-35(30-39)48-49-31-37-29-34-16-9-10-21-40(34)47(37)50-48)44-27-25-33(28-43(36)44)24-26-42-41-22-11-12-23-46(41)52(45(42)14-4-2)38-18-7-6-8-19-38/h3-23,25-28,30-32H,1-2,24,29H2/b15-5-,42-26-,45-14+. The van der Waals surface area contributed by atoms with Gasteiger partial charge in [0.15, 0.2) is 5.82 Å². The van der Waals surface area contributed by atoms with Crippen LogP contribution in [0.5, 0.6) is 0 Å². The van der Waals surface area contributed by atoms with E-state index in [0.717, 1.165) is 57.7 Å². The van der Waals surface area contributed by atoms with Crippen LogP contribution < -0.4 is 10.6 Å². The van der Waals surface area contributed by atoms with Crippen LogP contribution in [0.2, 0.25) is 0 Å². The molecule has 0 radical (unpaired) electrons. The number of aromatic nitrogens is 4. The van der Waals surface area contributed by atoms with Gasteiger partial charge in [-0.1, -0.05) is 122 Å². The second kappa shape index (κ2) is 13.2. The van der Waals surface area contributed by atoms with Crippen LogP contribution in [0.3, 0.4) is 0 Å². The molecule has 9 rings (SSSR count). The normalized spacial score (nSPS) is 12.9. The molecule has 3 heterocycles. The number of hydrogen-bond acceptors (Lipinski definition) is 2. The molecular formula is C48H36N4. The molecule has 0 N–H and O–H groups in total. The molecule has 0 saturated heterocycles. The largest absolute Gasteiger partial charge is 0.316 e. The zero-order chi connectivity index (χ0) is 35.0. The average Bonchev–Trinajstić information content (AvgIpc) is 3.85. The second-order valence-electron chi connectivity index (χ2n) is 13.2. The Morgan fingerprint density at radius 1 is 0.712 bits per heavy atom. The number of hydrogen-bond donors (Lipinski definition) is 0. The van der Waals surface area contributed by atoms with Crippen molar-refractivity contribution in [2.24, 2.45) is 0 Å². The number of fused-ring (bicyclic) bond motifs is 5. The molecule has 3 aromatic heterocycles. The van der Waals surface area contributed by atoms with Gasteiger partial charge in [0.05, 0.1) is 22.1 Å². The molecule has 0 aliphatic heterocycles. The fraction of sp³-hybridized carbons (Fsp3) is 0.0417. The van der Waals surface area contributed by atoms with Crippen molar-refractivity contribution in [2.45, 2.75) is 12.8 Å². The van der Waals surface area contributed by atoms with Gasteiger partial charge < -0.3 is 9.13 Å². The van der Waals surface area contributed by atoms with E-state index in [0.29, 0.717) is 0 Å². The Morgan fingerprint density at radius 3 is 2.42 bits per heavy atom. The predicted octanol–water partition coefficient (Wildman–Crippen LogP) is 9.79. The molecule has 4 nitrogen and oxygen atoms in total. The minimum absolute atomic E-state index is 0.736. The van der Waals surface area contributed by atoms with E-state index < -0.39 is 0 Å². The average molecular weight is 669 g/mol. The van der Waals surface area contributed by atoms with Crippen LogP contribution in [0.15, 0.2) is 165 Å². The van der Waals surface area contributed by atoms with Crippen molar-refractivity contribution in [1.29, 1.82) is 0 Å². The van der Waals surface area contributed by atoms with E-state index in [1.54, 1.807) is 0 Å². The highest BCUT2D eigenvalue weighted by atomic mass is 15.0. The van der Waals surface area contributed by atoms with Crippen molar-refractivity contribution in [3.05, 3.63) is 198 Å². The van der Waals surface area contributed by atoms with E-state index in [4.69, 9.17) is 9.97 Å². The summed E-state index contributed by atoms with van der Waals surface area (Å²) in [6.07, 6.45) is 18.2. The Kier molecular flexibility index (Phi) is 7.90. The van der Waals surface area contributed by atoms with Crippen molar-refractivity contribution in [3.63, 3.8) is 0 Å². The van der Waals surface area contributed by atoms with Crippen LogP contribution in [-0.2, 0) is 12.8 Å². The Hall–Kier alpha value is -6.78. The lowest BCUT2D eigenvalue weighted by Gasteiger charge is -2.09. The van der Waals surface area contributed by atoms with Crippen LogP contribution >= 0.6 is 0 Å². The van der Waals surface area contributed by atoms with Crippen LogP contribution in [0.1, 0.15) is 22.3 Å². The Labute approximate surface area is 303 Å². The molecule has 4 heteroatoms. The molecule has 1 aliphatic rings. The van der Waals surface area contributed by atoms with E-state index >= 15 is 0 Å². The van der Waals surface area contributed by atoms with Crippen molar-refractivity contribution in [3.8, 4) is 34.0 Å². The van der Waals surface area contributed by atoms with Gasteiger partial charge in [-0.15, -0.1) is 0 Å². The van der Waals surface area contributed by atoms with Crippen LogP contribution in [-0.4, -0.2) is 19.1 Å². The second-order valence-corrected chi connectivity index (χ2v) is 13.2. The minimum atomic E-state index is 0.736. The van der Waals surface area contributed by atoms with Crippen molar-refractivity contribution < 1.29 is 0 Å². The summed E-state index contributed by atoms with van der Waals surface area (Å²) in [6.45, 7) is 7.99. The lowest BCUT2D eigenvalue weighted by Crippen LogP contribution is -2.28. The minimum Gasteiger partial charge on any atom is -0.316 e. The molecular weight excluding hydrogens is 633 g/mol. The first-order valence-corrected chi connectivity index (χ1v) is 17.7. The molecule has 0 saturated carbocycles. The number of allylic oxidation sites excluding steroid dienone is 3. The van der Waals surface area contributed by atoms with Gasteiger partial charge in [0.25, 0.3) is 0 Å². The molecule has 0 amide bonds. The monoisotopic (exact) mass is 668 g/mol. The van der Waals surface area contributed by atoms with Crippen LogP contribution in [0, 0.1) is 0 Å². The van der Waals surface area contributed by atoms with Crippen LogP contribution in [0.25, 0.3) is 74.1 Å². The summed E-state index contributed by atoms with van der Waals surface area (Å²) in [5.74, 6) is 0.736. The highest BCUT2D eigenvalue weighted by Gasteiger charge is 2.21. The number of benzene rings is 5. The summed E-state index contributed by atoms with van der Waals surface area (Å²) in [4.78, 5) is 9.87. The summed E-state index contributed by atoms with van der Waals surface area (Å²) in [5.41, 5.74) is 12.6. The molecule has 0 spiro atoms. The molecule has 0 atom stereocenters. The van der Waals surface area contributed by atoms with Gasteiger partial charge in [-0.3, -0.25) is 0 Å². The third kappa shape index (κ3) is 5.42. The topological polar surface area (TPSA) is 35.6 Å². The fourth-order valence-corrected chi connectivity index (χ4v) is 7.61. The van der Waals surface area contributed by atoms with E-state index in [1.165, 1.54) is 43.8 Å². The summed E-state index contributed by atoms with van der Waals surface area (Å²) in [6, 6.07) is 43.0. The number of nitrogens with zero attached hydrogens (tertiary/aromatic N) is 4. The van der Waals surface area contributed by atoms with Gasteiger partial charge in [0, 0.05) is 68.4 Å². The Bertz CT molecular complexity index is 2830. The summed E-state index contributed by atoms with van der Waals surface area (Å²) in [7, 11) is 0. The van der Waals surface area contributed by atoms with E-state index in [9.17, 15) is 0 Å². The van der Waals surface area contributed by atoms with Crippen LogP contribution in [0.4, 0.5) is 0 Å². The Balaban J connectivity index is 1.12. The van der Waals surface area contributed by atoms with Gasteiger partial charge in [0.1, 0.15) is 0 Å². The number of rotatable bonds is 8. The zero-order valence-corrected chi connectivity index (χ0v) is 28.8. The molecule has 8 aromatic rings. The van der Waals surface area contributed by atoms with Crippen molar-refractivity contribution in [2.75, 3.05) is 0 Å². The zero-order valence-electron chi connectivity index (χ0n) is 28.8. The van der Waals surface area contributed by atoms with Gasteiger partial charge in [-0.25, -0.2) is 9.97 Å². The summed E-state index contributed by atoms with van der Waals surface area (Å²) >= 11 is 0. The maximum Gasteiger partial charge on any atom is 0.159 e. The lowest BCUT2D eigenvalue weighted by molar-refractivity contribution is 1.07. The quantitative estimate of drug-likeness (QED) is 0.151. The molecule has 0 fully saturated rings. The fourth-order valence-electron chi connectivity index (χ4n) is 7.61. The Morgan fingerprint density at radius 2 is 1.54 bits per heavy atom. The maximum atomic E-state index is 5.06. The first-order chi connectivity index (χ1) is 25.7. The highest BCUT2D eigenvalue weighted by Crippen LogP contribution is 2.36. The van der Waals surface area contributed by atoms with Gasteiger partial charge in [-0.05, 0) is 66.1 Å². The van der Waals surface area contributed by atoms with Gasteiger partial charge in [0.2, 0.25) is 0 Å². The molecule has 0 bridgehead atoms. The van der Waals surface area contributed by atoms with E-state index in [1.807, 2.05) is 24.4 Å². The molecule has 0 unspecified atom stereocenters. The SMILES string of the molecule is C=C/C=C\c1cn(-c2cccc(-c3ncc4c(n3)-c3ccccc3C4)c2)c2ccc(C/C=c3\c(=C/C=C)n(-c4ccccc4)c4ccccc34)cc12. The summed E-state index contributed by atoms with van der Waals surface area (Å²) in [5, 5.41) is 4.74. The van der Waals surface area contributed by atoms with Crippen molar-refractivity contribution in [1.82, 2.24) is 19.1 Å². The molecule has 52 heavy (non-hydrogen) atoms. The maximum absolute atomic E-state index is 5.06. The van der Waals surface area contributed by atoms with E-state index in [-0.39, 0.29) is 0 Å². The van der Waals surface area contributed by atoms with Crippen molar-refractivity contribution >= 4 is 40.0 Å². The molecule has 248 valence electrons. The molecule has 5 aromatic carbocycles. The first kappa shape index (κ1) is 31.2. The van der Waals surface area contributed by atoms with E-state index in [2.05, 4.69) is 168 Å². The van der Waals surface area contributed by atoms with Gasteiger partial charge >= 0.3 is 0 Å². The molecule has 1 aliphatic carbocycles. The van der Waals surface area contributed by atoms with Gasteiger partial charge in [-0.2, -0.15) is 0 Å². The smallest absolute Gasteiger partial charge is 0.159 e. The highest BCUT2D eigenvalue weighted by molar-refractivity contribution is 5.92. The first-order valence-electron chi connectivity index (χ1n) is 17.7.